The summed E-state index contributed by atoms with van der Waals surface area (Å²) in [6.45, 7) is 4.70. The molecule has 51 heavy (non-hydrogen) atoms. The van der Waals surface area contributed by atoms with Gasteiger partial charge >= 0.3 is 0 Å². The van der Waals surface area contributed by atoms with Crippen molar-refractivity contribution in [1.82, 2.24) is 9.97 Å². The highest BCUT2D eigenvalue weighted by Gasteiger charge is 2.37. The van der Waals surface area contributed by atoms with Crippen LogP contribution in [0.1, 0.15) is 25.0 Å². The van der Waals surface area contributed by atoms with Crippen LogP contribution in [0.5, 0.6) is 0 Å². The van der Waals surface area contributed by atoms with Crippen molar-refractivity contribution in [2.75, 3.05) is 0 Å². The first-order valence-corrected chi connectivity index (χ1v) is 17.7. The van der Waals surface area contributed by atoms with Crippen LogP contribution in [0.15, 0.2) is 170 Å². The quantitative estimate of drug-likeness (QED) is 0.140. The van der Waals surface area contributed by atoms with E-state index in [2.05, 4.69) is 178 Å². The molecule has 0 N–H and O–H groups in total. The normalized spacial score (nSPS) is 13.1. The van der Waals surface area contributed by atoms with E-state index in [0.29, 0.717) is 0 Å². The zero-order chi connectivity index (χ0) is 34.1. The fourth-order valence-corrected chi connectivity index (χ4v) is 8.44. The second kappa shape index (κ2) is 11.3. The third-order valence-corrected chi connectivity index (χ3v) is 10.9. The van der Waals surface area contributed by atoms with Crippen molar-refractivity contribution < 1.29 is 0 Å². The minimum Gasteiger partial charge on any atom is -0.228 e. The van der Waals surface area contributed by atoms with Gasteiger partial charge in [-0.2, -0.15) is 0 Å². The van der Waals surface area contributed by atoms with Gasteiger partial charge in [-0.1, -0.05) is 172 Å². The summed E-state index contributed by atoms with van der Waals surface area (Å²) in [5.74, 6) is 0.717. The number of hydrogen-bond donors (Lipinski definition) is 0. The number of fused-ring (bicyclic) bond motifs is 7. The van der Waals surface area contributed by atoms with Crippen molar-refractivity contribution in [3.8, 4) is 56.2 Å². The molecule has 0 unspecified atom stereocenters. The molecule has 240 valence electrons. The molecule has 0 saturated heterocycles. The molecule has 0 fully saturated rings. The molecule has 0 bridgehead atoms. The second-order valence-electron chi connectivity index (χ2n) is 14.2. The zero-order valence-corrected chi connectivity index (χ0v) is 28.6. The molecule has 1 aliphatic carbocycles. The molecule has 1 aliphatic rings. The maximum Gasteiger partial charge on any atom is 0.160 e. The summed E-state index contributed by atoms with van der Waals surface area (Å²) in [4.78, 5) is 10.5. The van der Waals surface area contributed by atoms with E-state index in [1.165, 1.54) is 65.7 Å². The van der Waals surface area contributed by atoms with Crippen LogP contribution in [-0.4, -0.2) is 9.97 Å². The minimum absolute atomic E-state index is 0.0834. The predicted molar refractivity (Wildman–Crippen MR) is 214 cm³/mol. The van der Waals surface area contributed by atoms with Gasteiger partial charge < -0.3 is 0 Å². The summed E-state index contributed by atoms with van der Waals surface area (Å²) in [6.07, 6.45) is 0. The first-order chi connectivity index (χ1) is 25.0. The molecular formula is C49H34N2. The molecule has 0 amide bonds. The Morgan fingerprint density at radius 1 is 0.392 bits per heavy atom. The van der Waals surface area contributed by atoms with E-state index >= 15 is 0 Å². The third kappa shape index (κ3) is 4.64. The molecule has 0 spiro atoms. The summed E-state index contributed by atoms with van der Waals surface area (Å²) in [6, 6.07) is 61.2. The van der Waals surface area contributed by atoms with E-state index in [9.17, 15) is 0 Å². The van der Waals surface area contributed by atoms with Crippen molar-refractivity contribution in [3.63, 3.8) is 0 Å². The van der Waals surface area contributed by atoms with Gasteiger partial charge in [0.1, 0.15) is 0 Å². The van der Waals surface area contributed by atoms with E-state index in [4.69, 9.17) is 9.97 Å². The van der Waals surface area contributed by atoms with Gasteiger partial charge in [-0.25, -0.2) is 9.97 Å². The van der Waals surface area contributed by atoms with Crippen molar-refractivity contribution in [2.45, 2.75) is 19.3 Å². The van der Waals surface area contributed by atoms with Crippen LogP contribution in [0, 0.1) is 0 Å². The SMILES string of the molecule is CC1(C)c2ccccc2-c2cccc(-c3ccc(-c4cc(-c5c6ccccc6cc6c5ccc5ccccc56)nc(-c5ccccc5)n4)cc3)c21. The van der Waals surface area contributed by atoms with Gasteiger partial charge in [0.25, 0.3) is 0 Å². The van der Waals surface area contributed by atoms with Crippen LogP contribution in [-0.2, 0) is 5.41 Å². The number of benzene rings is 8. The van der Waals surface area contributed by atoms with Crippen molar-refractivity contribution >= 4 is 32.3 Å². The van der Waals surface area contributed by atoms with Crippen molar-refractivity contribution in [3.05, 3.63) is 181 Å². The fourth-order valence-electron chi connectivity index (χ4n) is 8.44. The number of rotatable bonds is 4. The lowest BCUT2D eigenvalue weighted by molar-refractivity contribution is 0.662. The molecule has 2 heteroatoms. The van der Waals surface area contributed by atoms with E-state index in [1.807, 2.05) is 6.07 Å². The van der Waals surface area contributed by atoms with Gasteiger partial charge in [-0.3, -0.25) is 0 Å². The standard InChI is InChI=1S/C49H34N2/c1-49(2)43-22-11-10-19-39(43)41-21-12-20-38(47(41)49)32-23-25-33(26-24-32)44-30-45(51-48(50-44)34-14-4-3-5-15-34)46-37-18-9-7-16-35(37)29-42-36-17-8-6-13-31(36)27-28-40(42)46/h3-30H,1-2H3. The third-order valence-electron chi connectivity index (χ3n) is 10.9. The molecule has 0 saturated carbocycles. The lowest BCUT2D eigenvalue weighted by atomic mass is 9.79. The van der Waals surface area contributed by atoms with E-state index < -0.39 is 0 Å². The van der Waals surface area contributed by atoms with Gasteiger partial charge in [0.15, 0.2) is 5.82 Å². The Hall–Kier alpha value is -6.38. The molecule has 10 rings (SSSR count). The van der Waals surface area contributed by atoms with Crippen LogP contribution in [0.4, 0.5) is 0 Å². The molecule has 9 aromatic rings. The molecular weight excluding hydrogens is 617 g/mol. The molecule has 2 nitrogen and oxygen atoms in total. The zero-order valence-electron chi connectivity index (χ0n) is 28.6. The Morgan fingerprint density at radius 2 is 1.04 bits per heavy atom. The summed E-state index contributed by atoms with van der Waals surface area (Å²) < 4.78 is 0. The average molecular weight is 651 g/mol. The van der Waals surface area contributed by atoms with E-state index in [-0.39, 0.29) is 5.41 Å². The molecule has 8 aromatic carbocycles. The Morgan fingerprint density at radius 3 is 1.88 bits per heavy atom. The fraction of sp³-hybridized carbons (Fsp3) is 0.0612. The lowest BCUT2D eigenvalue weighted by Crippen LogP contribution is -2.16. The molecule has 1 heterocycles. The number of aromatic nitrogens is 2. The van der Waals surface area contributed by atoms with Crippen LogP contribution in [0.25, 0.3) is 88.5 Å². The summed E-state index contributed by atoms with van der Waals surface area (Å²) in [5.41, 5.74) is 12.9. The van der Waals surface area contributed by atoms with Crippen LogP contribution in [0.2, 0.25) is 0 Å². The van der Waals surface area contributed by atoms with E-state index in [0.717, 1.165) is 33.9 Å². The Kier molecular flexibility index (Phi) is 6.56. The highest BCUT2D eigenvalue weighted by atomic mass is 14.9. The highest BCUT2D eigenvalue weighted by molar-refractivity contribution is 6.19. The molecule has 0 aliphatic heterocycles. The largest absolute Gasteiger partial charge is 0.228 e. The maximum atomic E-state index is 5.31. The average Bonchev–Trinajstić information content (AvgIpc) is 3.43. The van der Waals surface area contributed by atoms with Gasteiger partial charge in [0, 0.05) is 22.1 Å². The van der Waals surface area contributed by atoms with E-state index in [1.54, 1.807) is 0 Å². The Balaban J connectivity index is 1.16. The molecule has 1 aromatic heterocycles. The number of hydrogen-bond acceptors (Lipinski definition) is 2. The number of nitrogens with zero attached hydrogens (tertiary/aromatic N) is 2. The smallest absolute Gasteiger partial charge is 0.160 e. The molecule has 0 atom stereocenters. The maximum absolute atomic E-state index is 5.31. The summed E-state index contributed by atoms with van der Waals surface area (Å²) >= 11 is 0. The summed E-state index contributed by atoms with van der Waals surface area (Å²) in [7, 11) is 0. The first-order valence-electron chi connectivity index (χ1n) is 17.7. The topological polar surface area (TPSA) is 25.8 Å². The van der Waals surface area contributed by atoms with Crippen molar-refractivity contribution in [2.24, 2.45) is 0 Å². The van der Waals surface area contributed by atoms with Gasteiger partial charge in [0.2, 0.25) is 0 Å². The molecule has 0 radical (unpaired) electrons. The van der Waals surface area contributed by atoms with Crippen LogP contribution in [0.3, 0.4) is 0 Å². The minimum atomic E-state index is -0.0834. The first kappa shape index (κ1) is 29.5. The lowest BCUT2D eigenvalue weighted by Gasteiger charge is -2.24. The van der Waals surface area contributed by atoms with Crippen LogP contribution >= 0.6 is 0 Å². The Bertz CT molecular complexity index is 2810. The van der Waals surface area contributed by atoms with Gasteiger partial charge in [-0.05, 0) is 77.8 Å². The van der Waals surface area contributed by atoms with Gasteiger partial charge in [0.05, 0.1) is 11.4 Å². The monoisotopic (exact) mass is 650 g/mol. The predicted octanol–water partition coefficient (Wildman–Crippen LogP) is 12.9. The highest BCUT2D eigenvalue weighted by Crippen LogP contribution is 2.52. The second-order valence-corrected chi connectivity index (χ2v) is 14.2. The van der Waals surface area contributed by atoms with Gasteiger partial charge in [-0.15, -0.1) is 0 Å². The van der Waals surface area contributed by atoms with Crippen molar-refractivity contribution in [1.29, 1.82) is 0 Å². The Labute approximate surface area is 297 Å². The summed E-state index contributed by atoms with van der Waals surface area (Å²) in [5, 5.41) is 7.27. The van der Waals surface area contributed by atoms with Crippen LogP contribution < -0.4 is 0 Å².